The fourth-order valence-electron chi connectivity index (χ4n) is 2.17. The Morgan fingerprint density at radius 1 is 1.25 bits per heavy atom. The van der Waals surface area contributed by atoms with Gasteiger partial charge < -0.3 is 4.74 Å². The molecule has 0 aromatic rings. The number of likely N-dealkylation sites (tertiary alicyclic amines) is 1. The highest BCUT2D eigenvalue weighted by molar-refractivity contribution is 6.18. The molecule has 1 unspecified atom stereocenters. The Morgan fingerprint density at radius 2 is 2.00 bits per heavy atom. The number of alkyl halides is 1. The molecule has 16 heavy (non-hydrogen) atoms. The summed E-state index contributed by atoms with van der Waals surface area (Å²) in [5.41, 5.74) is -0.0255. The molecular weight excluding hydrogens is 222 g/mol. The van der Waals surface area contributed by atoms with Crippen LogP contribution in [-0.4, -0.2) is 42.1 Å². The first-order chi connectivity index (χ1) is 7.53. The van der Waals surface area contributed by atoms with E-state index in [0.29, 0.717) is 6.04 Å². The van der Waals surface area contributed by atoms with Crippen molar-refractivity contribution in [3.8, 4) is 0 Å². The first-order valence-electron chi connectivity index (χ1n) is 6.47. The van der Waals surface area contributed by atoms with Gasteiger partial charge in [-0.25, -0.2) is 0 Å². The molecule has 0 amide bonds. The van der Waals surface area contributed by atoms with E-state index < -0.39 is 0 Å². The molecule has 0 spiro atoms. The number of ether oxygens (including phenoxy) is 1. The lowest BCUT2D eigenvalue weighted by Gasteiger charge is -2.29. The van der Waals surface area contributed by atoms with Crippen LogP contribution in [0.3, 0.4) is 0 Å². The summed E-state index contributed by atoms with van der Waals surface area (Å²) < 4.78 is 5.78. The van der Waals surface area contributed by atoms with Crippen molar-refractivity contribution in [1.82, 2.24) is 4.90 Å². The normalized spacial score (nSPS) is 24.4. The van der Waals surface area contributed by atoms with E-state index in [9.17, 15) is 0 Å². The Labute approximate surface area is 105 Å². The van der Waals surface area contributed by atoms with Gasteiger partial charge in [-0.3, -0.25) is 4.90 Å². The number of rotatable bonds is 4. The Bertz CT molecular complexity index is 191. The third kappa shape index (κ3) is 5.51. The molecule has 2 nitrogen and oxygen atoms in total. The van der Waals surface area contributed by atoms with Crippen molar-refractivity contribution in [3.05, 3.63) is 0 Å². The van der Waals surface area contributed by atoms with Gasteiger partial charge in [0.25, 0.3) is 0 Å². The standard InChI is InChI=1S/C13H26ClNO/c1-13(2,3)16-10-9-15-8-6-4-5-7-12(15)11-14/h12H,4-11H2,1-3H3. The Balaban J connectivity index is 2.31. The van der Waals surface area contributed by atoms with Gasteiger partial charge in [-0.1, -0.05) is 12.8 Å². The zero-order chi connectivity index (χ0) is 12.0. The molecule has 1 heterocycles. The minimum atomic E-state index is -0.0255. The molecule has 3 heteroatoms. The molecule has 0 aromatic carbocycles. The Hall–Kier alpha value is 0.210. The topological polar surface area (TPSA) is 12.5 Å². The lowest BCUT2D eigenvalue weighted by molar-refractivity contribution is -0.0164. The minimum absolute atomic E-state index is 0.0255. The molecular formula is C13H26ClNO. The summed E-state index contributed by atoms with van der Waals surface area (Å²) in [4.78, 5) is 2.51. The van der Waals surface area contributed by atoms with Crippen molar-refractivity contribution in [3.63, 3.8) is 0 Å². The number of hydrogen-bond donors (Lipinski definition) is 0. The molecule has 0 aromatic heterocycles. The van der Waals surface area contributed by atoms with Gasteiger partial charge in [0.1, 0.15) is 0 Å². The second-order valence-corrected chi connectivity index (χ2v) is 5.96. The van der Waals surface area contributed by atoms with Crippen molar-refractivity contribution < 1.29 is 4.74 Å². The van der Waals surface area contributed by atoms with E-state index in [2.05, 4.69) is 25.7 Å². The van der Waals surface area contributed by atoms with E-state index in [4.69, 9.17) is 16.3 Å². The second-order valence-electron chi connectivity index (χ2n) is 5.65. The largest absolute Gasteiger partial charge is 0.375 e. The monoisotopic (exact) mass is 247 g/mol. The van der Waals surface area contributed by atoms with Gasteiger partial charge in [0.2, 0.25) is 0 Å². The quantitative estimate of drug-likeness (QED) is 0.707. The summed E-state index contributed by atoms with van der Waals surface area (Å²) in [6.45, 7) is 9.34. The molecule has 1 fully saturated rings. The summed E-state index contributed by atoms with van der Waals surface area (Å²) in [6, 6.07) is 0.563. The van der Waals surface area contributed by atoms with E-state index in [-0.39, 0.29) is 5.60 Å². The number of hydrogen-bond acceptors (Lipinski definition) is 2. The molecule has 0 saturated carbocycles. The summed E-state index contributed by atoms with van der Waals surface area (Å²) in [6.07, 6.45) is 5.24. The number of nitrogens with zero attached hydrogens (tertiary/aromatic N) is 1. The average molecular weight is 248 g/mol. The summed E-state index contributed by atoms with van der Waals surface area (Å²) in [7, 11) is 0. The fourth-order valence-corrected chi connectivity index (χ4v) is 2.52. The minimum Gasteiger partial charge on any atom is -0.375 e. The average Bonchev–Trinajstić information content (AvgIpc) is 2.41. The van der Waals surface area contributed by atoms with Crippen LogP contribution in [0, 0.1) is 0 Å². The predicted octanol–water partition coefficient (Wildman–Crippen LogP) is 3.28. The van der Waals surface area contributed by atoms with E-state index in [1.54, 1.807) is 0 Å². The third-order valence-corrected chi connectivity index (χ3v) is 3.45. The van der Waals surface area contributed by atoms with E-state index in [1.807, 2.05) is 0 Å². The van der Waals surface area contributed by atoms with Crippen molar-refractivity contribution in [2.45, 2.75) is 58.1 Å². The van der Waals surface area contributed by atoms with Gasteiger partial charge >= 0.3 is 0 Å². The highest BCUT2D eigenvalue weighted by Crippen LogP contribution is 2.18. The smallest absolute Gasteiger partial charge is 0.0600 e. The van der Waals surface area contributed by atoms with E-state index in [0.717, 1.165) is 19.0 Å². The van der Waals surface area contributed by atoms with Gasteiger partial charge in [0.05, 0.1) is 12.2 Å². The van der Waals surface area contributed by atoms with Gasteiger partial charge in [-0.15, -0.1) is 11.6 Å². The molecule has 0 radical (unpaired) electrons. The van der Waals surface area contributed by atoms with Gasteiger partial charge in [0, 0.05) is 18.5 Å². The van der Waals surface area contributed by atoms with Gasteiger partial charge in [0.15, 0.2) is 0 Å². The Morgan fingerprint density at radius 3 is 2.62 bits per heavy atom. The van der Waals surface area contributed by atoms with Crippen LogP contribution in [0.4, 0.5) is 0 Å². The van der Waals surface area contributed by atoms with Crippen molar-refractivity contribution in [1.29, 1.82) is 0 Å². The maximum atomic E-state index is 6.03. The molecule has 1 atom stereocenters. The summed E-state index contributed by atoms with van der Waals surface area (Å²) >= 11 is 6.03. The molecule has 1 aliphatic heterocycles. The van der Waals surface area contributed by atoms with Crippen molar-refractivity contribution >= 4 is 11.6 Å². The molecule has 1 saturated heterocycles. The zero-order valence-electron chi connectivity index (χ0n) is 11.0. The fraction of sp³-hybridized carbons (Fsp3) is 1.00. The van der Waals surface area contributed by atoms with Gasteiger partial charge in [-0.2, -0.15) is 0 Å². The van der Waals surface area contributed by atoms with Crippen molar-refractivity contribution in [2.75, 3.05) is 25.6 Å². The van der Waals surface area contributed by atoms with Crippen LogP contribution in [0.15, 0.2) is 0 Å². The lowest BCUT2D eigenvalue weighted by Crippen LogP contribution is -2.39. The third-order valence-electron chi connectivity index (χ3n) is 3.09. The van der Waals surface area contributed by atoms with Crippen LogP contribution in [0.25, 0.3) is 0 Å². The zero-order valence-corrected chi connectivity index (χ0v) is 11.7. The lowest BCUT2D eigenvalue weighted by atomic mass is 10.1. The van der Waals surface area contributed by atoms with Gasteiger partial charge in [-0.05, 0) is 40.2 Å². The van der Waals surface area contributed by atoms with Crippen LogP contribution in [0.5, 0.6) is 0 Å². The molecule has 1 rings (SSSR count). The molecule has 0 bridgehead atoms. The van der Waals surface area contributed by atoms with Crippen LogP contribution in [-0.2, 0) is 4.74 Å². The molecule has 96 valence electrons. The highest BCUT2D eigenvalue weighted by atomic mass is 35.5. The van der Waals surface area contributed by atoms with Crippen LogP contribution in [0.2, 0.25) is 0 Å². The van der Waals surface area contributed by atoms with Crippen LogP contribution < -0.4 is 0 Å². The number of halogens is 1. The van der Waals surface area contributed by atoms with Crippen LogP contribution in [0.1, 0.15) is 46.5 Å². The van der Waals surface area contributed by atoms with Crippen LogP contribution >= 0.6 is 11.6 Å². The molecule has 1 aliphatic rings. The molecule has 0 aliphatic carbocycles. The van der Waals surface area contributed by atoms with Crippen molar-refractivity contribution in [2.24, 2.45) is 0 Å². The highest BCUT2D eigenvalue weighted by Gasteiger charge is 2.20. The maximum Gasteiger partial charge on any atom is 0.0600 e. The maximum absolute atomic E-state index is 6.03. The van der Waals surface area contributed by atoms with E-state index >= 15 is 0 Å². The summed E-state index contributed by atoms with van der Waals surface area (Å²) in [5.74, 6) is 0.759. The molecule has 0 N–H and O–H groups in total. The van der Waals surface area contributed by atoms with E-state index in [1.165, 1.54) is 32.2 Å². The SMILES string of the molecule is CC(C)(C)OCCN1CCCCCC1CCl. The first-order valence-corrected chi connectivity index (χ1v) is 7.00. The predicted molar refractivity (Wildman–Crippen MR) is 70.3 cm³/mol. The second kappa shape index (κ2) is 6.83. The Kier molecular flexibility index (Phi) is 6.09. The summed E-state index contributed by atoms with van der Waals surface area (Å²) in [5, 5.41) is 0. The first kappa shape index (κ1) is 14.3.